The Bertz CT molecular complexity index is 657. The Kier molecular flexibility index (Phi) is 6.25. The highest BCUT2D eigenvalue weighted by atomic mass is 32.1. The minimum Gasteiger partial charge on any atom is -0.350 e. The number of nitrogens with one attached hydrogen (secondary N) is 3. The summed E-state index contributed by atoms with van der Waals surface area (Å²) in [6.45, 7) is 5.40. The maximum absolute atomic E-state index is 12.3. The van der Waals surface area contributed by atoms with Gasteiger partial charge < -0.3 is 16.0 Å². The smallest absolute Gasteiger partial charge is 0.263 e. The number of pyridine rings is 1. The highest BCUT2D eigenvalue weighted by Gasteiger charge is 2.16. The highest BCUT2D eigenvalue weighted by molar-refractivity contribution is 7.12. The van der Waals surface area contributed by atoms with Crippen molar-refractivity contribution in [2.24, 2.45) is 0 Å². The summed E-state index contributed by atoms with van der Waals surface area (Å²) in [4.78, 5) is 28.8. The molecule has 0 spiro atoms. The van der Waals surface area contributed by atoms with Crippen LogP contribution < -0.4 is 16.0 Å². The summed E-state index contributed by atoms with van der Waals surface area (Å²) >= 11 is 1.30. The summed E-state index contributed by atoms with van der Waals surface area (Å²) in [6, 6.07) is 5.17. The van der Waals surface area contributed by atoms with E-state index in [-0.39, 0.29) is 17.9 Å². The van der Waals surface area contributed by atoms with Crippen molar-refractivity contribution in [2.75, 3.05) is 18.4 Å². The Morgan fingerprint density at radius 3 is 2.65 bits per heavy atom. The molecule has 0 aromatic carbocycles. The summed E-state index contributed by atoms with van der Waals surface area (Å²) in [5, 5.41) is 10.6. The molecule has 0 fully saturated rings. The van der Waals surface area contributed by atoms with E-state index in [2.05, 4.69) is 20.9 Å². The largest absolute Gasteiger partial charge is 0.350 e. The molecule has 0 aliphatic heterocycles. The van der Waals surface area contributed by atoms with Crippen LogP contribution in [0.4, 0.5) is 5.69 Å². The second-order valence-electron chi connectivity index (χ2n) is 5.02. The standard InChI is InChI=1S/C16H20N4O2S/c1-3-18-11(2)10-19-16(22)14-13(6-9-23-14)20-15(21)12-4-7-17-8-5-12/h4-9,11,18H,3,10H2,1-2H3,(H,19,22)(H,20,21)/t11-/m1/s1. The molecule has 0 aliphatic rings. The number of anilines is 1. The van der Waals surface area contributed by atoms with Crippen LogP contribution in [0.25, 0.3) is 0 Å². The Balaban J connectivity index is 1.99. The lowest BCUT2D eigenvalue weighted by atomic mass is 10.2. The molecule has 0 unspecified atom stereocenters. The molecule has 23 heavy (non-hydrogen) atoms. The van der Waals surface area contributed by atoms with Gasteiger partial charge in [-0.25, -0.2) is 0 Å². The summed E-state index contributed by atoms with van der Waals surface area (Å²) in [6.07, 6.45) is 3.11. The molecule has 2 rings (SSSR count). The van der Waals surface area contributed by atoms with Gasteiger partial charge in [-0.2, -0.15) is 0 Å². The van der Waals surface area contributed by atoms with Crippen molar-refractivity contribution in [2.45, 2.75) is 19.9 Å². The molecule has 0 saturated carbocycles. The van der Waals surface area contributed by atoms with E-state index < -0.39 is 0 Å². The number of carbonyl (C=O) groups is 2. The molecule has 0 saturated heterocycles. The van der Waals surface area contributed by atoms with Crippen molar-refractivity contribution in [3.05, 3.63) is 46.4 Å². The van der Waals surface area contributed by atoms with Crippen molar-refractivity contribution in [3.8, 4) is 0 Å². The third kappa shape index (κ3) is 4.87. The zero-order valence-corrected chi connectivity index (χ0v) is 13.9. The number of thiophene rings is 1. The molecule has 6 nitrogen and oxygen atoms in total. The van der Waals surface area contributed by atoms with Gasteiger partial charge in [0.05, 0.1) is 5.69 Å². The predicted molar refractivity (Wildman–Crippen MR) is 92.0 cm³/mol. The van der Waals surface area contributed by atoms with Crippen LogP contribution in [-0.2, 0) is 0 Å². The number of hydrogen-bond acceptors (Lipinski definition) is 5. The van der Waals surface area contributed by atoms with Crippen LogP contribution in [-0.4, -0.2) is 35.9 Å². The van der Waals surface area contributed by atoms with Crippen LogP contribution >= 0.6 is 11.3 Å². The first-order chi connectivity index (χ1) is 11.1. The molecule has 0 bridgehead atoms. The van der Waals surface area contributed by atoms with Gasteiger partial charge in [-0.15, -0.1) is 11.3 Å². The van der Waals surface area contributed by atoms with E-state index in [1.54, 1.807) is 36.0 Å². The van der Waals surface area contributed by atoms with Crippen molar-refractivity contribution in [3.63, 3.8) is 0 Å². The molecule has 2 amide bonds. The van der Waals surface area contributed by atoms with Gasteiger partial charge in [0.15, 0.2) is 0 Å². The van der Waals surface area contributed by atoms with Gasteiger partial charge in [0, 0.05) is 30.5 Å². The summed E-state index contributed by atoms with van der Waals surface area (Å²) in [7, 11) is 0. The number of hydrogen-bond donors (Lipinski definition) is 3. The molecular formula is C16H20N4O2S. The van der Waals surface area contributed by atoms with Gasteiger partial charge in [0.25, 0.3) is 11.8 Å². The van der Waals surface area contributed by atoms with Gasteiger partial charge in [-0.05, 0) is 37.0 Å². The summed E-state index contributed by atoms with van der Waals surface area (Å²) in [5.74, 6) is -0.448. The van der Waals surface area contributed by atoms with Crippen LogP contribution in [0.3, 0.4) is 0 Å². The average Bonchev–Trinajstić information content (AvgIpc) is 3.02. The normalized spacial score (nSPS) is 11.7. The van der Waals surface area contributed by atoms with E-state index in [9.17, 15) is 9.59 Å². The van der Waals surface area contributed by atoms with Gasteiger partial charge >= 0.3 is 0 Å². The topological polar surface area (TPSA) is 83.1 Å². The second-order valence-corrected chi connectivity index (χ2v) is 5.94. The third-order valence-electron chi connectivity index (χ3n) is 3.18. The first-order valence-electron chi connectivity index (χ1n) is 7.42. The van der Waals surface area contributed by atoms with Gasteiger partial charge in [-0.3, -0.25) is 14.6 Å². The fourth-order valence-electron chi connectivity index (χ4n) is 2.03. The molecule has 3 N–H and O–H groups in total. The number of likely N-dealkylation sites (N-methyl/N-ethyl adjacent to an activating group) is 1. The first-order valence-corrected chi connectivity index (χ1v) is 8.30. The maximum Gasteiger partial charge on any atom is 0.263 e. The predicted octanol–water partition coefficient (Wildman–Crippen LogP) is 2.12. The van der Waals surface area contributed by atoms with Gasteiger partial charge in [0.1, 0.15) is 4.88 Å². The fourth-order valence-corrected chi connectivity index (χ4v) is 2.79. The van der Waals surface area contributed by atoms with Crippen molar-refractivity contribution in [1.29, 1.82) is 0 Å². The van der Waals surface area contributed by atoms with Crippen molar-refractivity contribution < 1.29 is 9.59 Å². The maximum atomic E-state index is 12.3. The van der Waals surface area contributed by atoms with E-state index >= 15 is 0 Å². The second kappa shape index (κ2) is 8.40. The zero-order chi connectivity index (χ0) is 16.7. The Labute approximate surface area is 139 Å². The lowest BCUT2D eigenvalue weighted by Crippen LogP contribution is -2.38. The van der Waals surface area contributed by atoms with Crippen LogP contribution in [0.15, 0.2) is 36.0 Å². The molecule has 2 aromatic heterocycles. The molecular weight excluding hydrogens is 312 g/mol. The number of carbonyl (C=O) groups excluding carboxylic acids is 2. The quantitative estimate of drug-likeness (QED) is 0.725. The van der Waals surface area contributed by atoms with Gasteiger partial charge in [0.2, 0.25) is 0 Å². The Morgan fingerprint density at radius 2 is 1.96 bits per heavy atom. The number of nitrogens with zero attached hydrogens (tertiary/aromatic N) is 1. The van der Waals surface area contributed by atoms with Crippen molar-refractivity contribution >= 4 is 28.8 Å². The number of rotatable bonds is 7. The summed E-state index contributed by atoms with van der Waals surface area (Å²) in [5.41, 5.74) is 1.02. The Hall–Kier alpha value is -2.25. The van der Waals surface area contributed by atoms with E-state index in [1.165, 1.54) is 11.3 Å². The van der Waals surface area contributed by atoms with Crippen molar-refractivity contribution in [1.82, 2.24) is 15.6 Å². The monoisotopic (exact) mass is 332 g/mol. The molecule has 0 aliphatic carbocycles. The fraction of sp³-hybridized carbons (Fsp3) is 0.312. The minimum absolute atomic E-state index is 0.185. The van der Waals surface area contributed by atoms with Crippen LogP contribution in [0.2, 0.25) is 0 Å². The van der Waals surface area contributed by atoms with Crippen LogP contribution in [0.1, 0.15) is 33.9 Å². The molecule has 122 valence electrons. The molecule has 1 atom stereocenters. The van der Waals surface area contributed by atoms with E-state index in [0.717, 1.165) is 6.54 Å². The first kappa shape index (κ1) is 17.1. The number of aromatic nitrogens is 1. The van der Waals surface area contributed by atoms with E-state index in [1.807, 2.05) is 13.8 Å². The van der Waals surface area contributed by atoms with Gasteiger partial charge in [-0.1, -0.05) is 6.92 Å². The third-order valence-corrected chi connectivity index (χ3v) is 4.10. The highest BCUT2D eigenvalue weighted by Crippen LogP contribution is 2.22. The molecule has 2 aromatic rings. The lowest BCUT2D eigenvalue weighted by molar-refractivity contribution is 0.0955. The minimum atomic E-state index is -0.263. The van der Waals surface area contributed by atoms with Crippen LogP contribution in [0.5, 0.6) is 0 Å². The van der Waals surface area contributed by atoms with Crippen LogP contribution in [0, 0.1) is 0 Å². The zero-order valence-electron chi connectivity index (χ0n) is 13.1. The van der Waals surface area contributed by atoms with E-state index in [0.29, 0.717) is 22.7 Å². The summed E-state index contributed by atoms with van der Waals surface area (Å²) < 4.78 is 0. The molecule has 0 radical (unpaired) electrons. The number of amides is 2. The molecule has 7 heteroatoms. The van der Waals surface area contributed by atoms with E-state index in [4.69, 9.17) is 0 Å². The lowest BCUT2D eigenvalue weighted by Gasteiger charge is -2.13. The average molecular weight is 332 g/mol. The molecule has 2 heterocycles. The Morgan fingerprint density at radius 1 is 1.22 bits per heavy atom. The SMILES string of the molecule is CCN[C@H](C)CNC(=O)c1sccc1NC(=O)c1ccncc1.